The summed E-state index contributed by atoms with van der Waals surface area (Å²) in [6.07, 6.45) is 0. The van der Waals surface area contributed by atoms with Gasteiger partial charge in [0.05, 0.1) is 0 Å². The van der Waals surface area contributed by atoms with Gasteiger partial charge in [0.1, 0.15) is 5.75 Å². The Morgan fingerprint density at radius 2 is 1.60 bits per heavy atom. The first-order chi connectivity index (χ1) is 7.18. The highest BCUT2D eigenvalue weighted by Crippen LogP contribution is 2.03. The quantitative estimate of drug-likeness (QED) is 0.644. The molecule has 78 valence electrons. The Balaban J connectivity index is 0.000000151. The largest absolute Gasteiger partial charge is 0.508 e. The Morgan fingerprint density at radius 3 is 1.93 bits per heavy atom. The van der Waals surface area contributed by atoms with E-state index in [1.54, 1.807) is 24.3 Å². The third-order valence-electron chi connectivity index (χ3n) is 1.80. The summed E-state index contributed by atoms with van der Waals surface area (Å²) in [7, 11) is 0. The van der Waals surface area contributed by atoms with E-state index in [1.165, 1.54) is 5.56 Å². The molecule has 0 aliphatic rings. The Hall–Kier alpha value is -1.96. The van der Waals surface area contributed by atoms with E-state index in [2.05, 4.69) is 0 Å². The number of para-hydroxylation sites is 1. The third-order valence-corrected chi connectivity index (χ3v) is 1.80. The summed E-state index contributed by atoms with van der Waals surface area (Å²) in [5.41, 5.74) is 7.51. The molecule has 2 rings (SSSR count). The highest BCUT2D eigenvalue weighted by Gasteiger charge is 1.81. The zero-order valence-corrected chi connectivity index (χ0v) is 8.72. The number of aryl methyl sites for hydroxylation is 1. The van der Waals surface area contributed by atoms with Crippen molar-refractivity contribution in [2.24, 2.45) is 0 Å². The second-order valence-electron chi connectivity index (χ2n) is 3.25. The van der Waals surface area contributed by atoms with E-state index < -0.39 is 0 Å². The number of rotatable bonds is 0. The number of aromatic hydroxyl groups is 1. The summed E-state index contributed by atoms with van der Waals surface area (Å²) in [5.74, 6) is 0.322. The van der Waals surface area contributed by atoms with Crippen molar-refractivity contribution in [3.05, 3.63) is 60.2 Å². The van der Waals surface area contributed by atoms with E-state index >= 15 is 0 Å². The van der Waals surface area contributed by atoms with Crippen molar-refractivity contribution in [3.63, 3.8) is 0 Å². The van der Waals surface area contributed by atoms with E-state index in [1.807, 2.05) is 37.3 Å². The molecule has 15 heavy (non-hydrogen) atoms. The summed E-state index contributed by atoms with van der Waals surface area (Å²) < 4.78 is 0. The first kappa shape index (κ1) is 11.1. The maximum Gasteiger partial charge on any atom is 0.115 e. The van der Waals surface area contributed by atoms with Crippen LogP contribution in [-0.4, -0.2) is 5.11 Å². The van der Waals surface area contributed by atoms with Crippen LogP contribution in [0.2, 0.25) is 0 Å². The lowest BCUT2D eigenvalue weighted by molar-refractivity contribution is 0.475. The van der Waals surface area contributed by atoms with Crippen LogP contribution in [0.25, 0.3) is 0 Å². The summed E-state index contributed by atoms with van der Waals surface area (Å²) in [6.45, 7) is 2.02. The molecule has 0 aliphatic carbocycles. The molecule has 0 aliphatic heterocycles. The van der Waals surface area contributed by atoms with Crippen LogP contribution >= 0.6 is 0 Å². The minimum Gasteiger partial charge on any atom is -0.508 e. The summed E-state index contributed by atoms with van der Waals surface area (Å²) in [4.78, 5) is 0. The summed E-state index contributed by atoms with van der Waals surface area (Å²) in [6, 6.07) is 16.5. The molecule has 0 bridgehead atoms. The number of hydrogen-bond donors (Lipinski definition) is 2. The minimum absolute atomic E-state index is 0.322. The van der Waals surface area contributed by atoms with Crippen LogP contribution in [-0.2, 0) is 0 Å². The Labute approximate surface area is 90.0 Å². The van der Waals surface area contributed by atoms with Crippen LogP contribution < -0.4 is 5.73 Å². The molecule has 0 aromatic heterocycles. The zero-order valence-electron chi connectivity index (χ0n) is 8.72. The van der Waals surface area contributed by atoms with Gasteiger partial charge in [-0.15, -0.1) is 0 Å². The van der Waals surface area contributed by atoms with Gasteiger partial charge in [0, 0.05) is 5.69 Å². The van der Waals surface area contributed by atoms with E-state index in [9.17, 15) is 0 Å². The van der Waals surface area contributed by atoms with Crippen LogP contribution in [0.4, 0.5) is 5.69 Å². The van der Waals surface area contributed by atoms with E-state index in [4.69, 9.17) is 10.8 Å². The monoisotopic (exact) mass is 201 g/mol. The van der Waals surface area contributed by atoms with Crippen molar-refractivity contribution >= 4 is 5.69 Å². The fourth-order valence-corrected chi connectivity index (χ4v) is 1.10. The highest BCUT2D eigenvalue weighted by atomic mass is 16.3. The van der Waals surface area contributed by atoms with Crippen molar-refractivity contribution in [1.29, 1.82) is 0 Å². The number of anilines is 1. The lowest BCUT2D eigenvalue weighted by Gasteiger charge is -1.91. The normalized spacial score (nSPS) is 8.87. The Bertz CT molecular complexity index is 381. The third kappa shape index (κ3) is 4.72. The number of phenolic OH excluding ortho intramolecular Hbond substituents is 1. The van der Waals surface area contributed by atoms with Gasteiger partial charge in [-0.05, 0) is 36.8 Å². The predicted molar refractivity (Wildman–Crippen MR) is 63.7 cm³/mol. The van der Waals surface area contributed by atoms with Gasteiger partial charge in [-0.3, -0.25) is 0 Å². The number of nitrogens with two attached hydrogens (primary N) is 1. The van der Waals surface area contributed by atoms with Crippen LogP contribution in [0.15, 0.2) is 54.6 Å². The molecule has 3 N–H and O–H groups in total. The van der Waals surface area contributed by atoms with Gasteiger partial charge in [0.25, 0.3) is 0 Å². The van der Waals surface area contributed by atoms with Gasteiger partial charge in [0.15, 0.2) is 0 Å². The molecule has 0 amide bonds. The molecule has 0 radical (unpaired) electrons. The van der Waals surface area contributed by atoms with Crippen molar-refractivity contribution in [1.82, 2.24) is 0 Å². The molecular formula is C13H15NO. The summed E-state index contributed by atoms with van der Waals surface area (Å²) >= 11 is 0. The molecule has 0 spiro atoms. The molecule has 2 heteroatoms. The SMILES string of the molecule is Cc1cccc(N)c1.Oc1ccccc1. The molecule has 0 saturated carbocycles. The second kappa shape index (κ2) is 5.70. The fraction of sp³-hybridized carbons (Fsp3) is 0.0769. The van der Waals surface area contributed by atoms with Gasteiger partial charge >= 0.3 is 0 Å². The molecule has 0 unspecified atom stereocenters. The van der Waals surface area contributed by atoms with Crippen molar-refractivity contribution < 1.29 is 5.11 Å². The molecule has 0 fully saturated rings. The highest BCUT2D eigenvalue weighted by molar-refractivity contribution is 5.39. The topological polar surface area (TPSA) is 46.2 Å². The average Bonchev–Trinajstić information content (AvgIpc) is 2.19. The minimum atomic E-state index is 0.322. The van der Waals surface area contributed by atoms with E-state index in [-0.39, 0.29) is 0 Å². The molecule has 0 saturated heterocycles. The van der Waals surface area contributed by atoms with Gasteiger partial charge in [-0.25, -0.2) is 0 Å². The average molecular weight is 201 g/mol. The molecular weight excluding hydrogens is 186 g/mol. The van der Waals surface area contributed by atoms with Gasteiger partial charge in [0.2, 0.25) is 0 Å². The van der Waals surface area contributed by atoms with Crippen LogP contribution in [0.3, 0.4) is 0 Å². The lowest BCUT2D eigenvalue weighted by atomic mass is 10.2. The molecule has 2 nitrogen and oxygen atoms in total. The molecule has 0 atom stereocenters. The number of nitrogen functional groups attached to an aromatic ring is 1. The maximum atomic E-state index is 8.63. The van der Waals surface area contributed by atoms with Gasteiger partial charge < -0.3 is 10.8 Å². The Kier molecular flexibility index (Phi) is 4.23. The smallest absolute Gasteiger partial charge is 0.115 e. The van der Waals surface area contributed by atoms with Crippen LogP contribution in [0.1, 0.15) is 5.56 Å². The number of hydrogen-bond acceptors (Lipinski definition) is 2. The fourth-order valence-electron chi connectivity index (χ4n) is 1.10. The zero-order chi connectivity index (χ0) is 11.1. The first-order valence-corrected chi connectivity index (χ1v) is 4.74. The van der Waals surface area contributed by atoms with E-state index in [0.717, 1.165) is 5.69 Å². The van der Waals surface area contributed by atoms with Crippen molar-refractivity contribution in [3.8, 4) is 5.75 Å². The van der Waals surface area contributed by atoms with Crippen molar-refractivity contribution in [2.45, 2.75) is 6.92 Å². The molecule has 2 aromatic rings. The molecule has 2 aromatic carbocycles. The van der Waals surface area contributed by atoms with Gasteiger partial charge in [-0.2, -0.15) is 0 Å². The standard InChI is InChI=1S/C7H9N.C6H6O/c1-6-3-2-4-7(8)5-6;7-6-4-2-1-3-5-6/h2-5H,8H2,1H3;1-5,7H. The summed E-state index contributed by atoms with van der Waals surface area (Å²) in [5, 5.41) is 8.63. The van der Waals surface area contributed by atoms with E-state index in [0.29, 0.717) is 5.75 Å². The predicted octanol–water partition coefficient (Wildman–Crippen LogP) is 2.97. The van der Waals surface area contributed by atoms with Crippen molar-refractivity contribution in [2.75, 3.05) is 5.73 Å². The van der Waals surface area contributed by atoms with Crippen LogP contribution in [0.5, 0.6) is 5.75 Å². The number of phenols is 1. The number of benzene rings is 2. The van der Waals surface area contributed by atoms with Crippen LogP contribution in [0, 0.1) is 6.92 Å². The first-order valence-electron chi connectivity index (χ1n) is 4.74. The maximum absolute atomic E-state index is 8.63. The Morgan fingerprint density at radius 1 is 0.933 bits per heavy atom. The lowest BCUT2D eigenvalue weighted by Crippen LogP contribution is -1.82. The second-order valence-corrected chi connectivity index (χ2v) is 3.25. The van der Waals surface area contributed by atoms with Gasteiger partial charge in [-0.1, -0.05) is 30.3 Å². The molecule has 0 heterocycles.